The summed E-state index contributed by atoms with van der Waals surface area (Å²) in [6, 6.07) is 3.84. The van der Waals surface area contributed by atoms with E-state index in [4.69, 9.17) is 0 Å². The van der Waals surface area contributed by atoms with Crippen LogP contribution in [0.2, 0.25) is 0 Å². The van der Waals surface area contributed by atoms with Crippen LogP contribution < -0.4 is 0 Å². The Kier molecular flexibility index (Phi) is 3.70. The quantitative estimate of drug-likeness (QED) is 0.776. The number of likely N-dealkylation sites (tertiary alicyclic amines) is 1. The maximum Gasteiger partial charge on any atom is 0.263 e. The van der Waals surface area contributed by atoms with Crippen LogP contribution in [0.25, 0.3) is 0 Å². The lowest BCUT2D eigenvalue weighted by Gasteiger charge is -2.34. The Balaban J connectivity index is 2.09. The first-order chi connectivity index (χ1) is 7.56. The average Bonchev–Trinajstić information content (AvgIpc) is 2.62. The molecule has 1 aromatic rings. The Labute approximate surface area is 109 Å². The van der Waals surface area contributed by atoms with Crippen molar-refractivity contribution in [2.75, 3.05) is 13.1 Å². The van der Waals surface area contributed by atoms with Gasteiger partial charge in [0.25, 0.3) is 5.91 Å². The fourth-order valence-corrected chi connectivity index (χ4v) is 3.77. The zero-order chi connectivity index (χ0) is 11.7. The number of hydrogen-bond acceptors (Lipinski definition) is 2. The summed E-state index contributed by atoms with van der Waals surface area (Å²) in [5.74, 6) is 1.43. The van der Waals surface area contributed by atoms with E-state index in [0.717, 1.165) is 21.8 Å². The molecular formula is C12H16BrNOS. The Bertz CT molecular complexity index is 380. The number of carbonyl (C=O) groups is 1. The molecule has 2 nitrogen and oxygen atoms in total. The minimum Gasteiger partial charge on any atom is -0.337 e. The molecule has 2 atom stereocenters. The van der Waals surface area contributed by atoms with Gasteiger partial charge in [-0.15, -0.1) is 11.3 Å². The Hall–Kier alpha value is -0.350. The van der Waals surface area contributed by atoms with Gasteiger partial charge in [0.1, 0.15) is 0 Å². The number of thiophene rings is 1. The highest BCUT2D eigenvalue weighted by Gasteiger charge is 2.26. The normalized spacial score (nSPS) is 25.8. The maximum absolute atomic E-state index is 12.2. The Morgan fingerprint density at radius 2 is 2.00 bits per heavy atom. The molecule has 1 aliphatic heterocycles. The van der Waals surface area contributed by atoms with E-state index in [1.165, 1.54) is 17.8 Å². The fraction of sp³-hybridized carbons (Fsp3) is 0.583. The van der Waals surface area contributed by atoms with Gasteiger partial charge in [-0.3, -0.25) is 4.79 Å². The average molecular weight is 302 g/mol. The third-order valence-corrected chi connectivity index (χ3v) is 4.55. The smallest absolute Gasteiger partial charge is 0.263 e. The zero-order valence-electron chi connectivity index (χ0n) is 9.57. The number of nitrogens with zero attached hydrogens (tertiary/aromatic N) is 1. The van der Waals surface area contributed by atoms with Crippen molar-refractivity contribution in [2.45, 2.75) is 20.3 Å². The van der Waals surface area contributed by atoms with Crippen LogP contribution in [0, 0.1) is 11.8 Å². The van der Waals surface area contributed by atoms with Crippen LogP contribution in [-0.4, -0.2) is 23.9 Å². The molecule has 0 radical (unpaired) electrons. The second-order valence-corrected chi connectivity index (χ2v) is 7.22. The predicted molar refractivity (Wildman–Crippen MR) is 70.9 cm³/mol. The molecule has 2 rings (SSSR count). The van der Waals surface area contributed by atoms with Crippen molar-refractivity contribution in [2.24, 2.45) is 11.8 Å². The van der Waals surface area contributed by atoms with Gasteiger partial charge in [-0.2, -0.15) is 0 Å². The minimum absolute atomic E-state index is 0.189. The summed E-state index contributed by atoms with van der Waals surface area (Å²) < 4.78 is 1.02. The highest BCUT2D eigenvalue weighted by Crippen LogP contribution is 2.26. The van der Waals surface area contributed by atoms with Crippen molar-refractivity contribution in [3.05, 3.63) is 20.8 Å². The summed E-state index contributed by atoms with van der Waals surface area (Å²) in [7, 11) is 0. The van der Waals surface area contributed by atoms with Gasteiger partial charge in [-0.1, -0.05) is 13.8 Å². The predicted octanol–water partition coefficient (Wildman–Crippen LogP) is 3.63. The van der Waals surface area contributed by atoms with Crippen molar-refractivity contribution in [1.82, 2.24) is 4.90 Å². The molecule has 0 bridgehead atoms. The van der Waals surface area contributed by atoms with Crippen LogP contribution >= 0.6 is 27.3 Å². The molecule has 1 aliphatic rings. The lowest BCUT2D eigenvalue weighted by molar-refractivity contribution is 0.0628. The van der Waals surface area contributed by atoms with Crippen LogP contribution in [0.3, 0.4) is 0 Å². The first kappa shape index (κ1) is 12.1. The minimum atomic E-state index is 0.189. The largest absolute Gasteiger partial charge is 0.337 e. The highest BCUT2D eigenvalue weighted by atomic mass is 79.9. The summed E-state index contributed by atoms with van der Waals surface area (Å²) in [6.07, 6.45) is 1.23. The van der Waals surface area contributed by atoms with E-state index >= 15 is 0 Å². The molecule has 4 heteroatoms. The highest BCUT2D eigenvalue weighted by molar-refractivity contribution is 9.11. The molecule has 0 spiro atoms. The molecule has 1 fully saturated rings. The van der Waals surface area contributed by atoms with Gasteiger partial charge in [-0.05, 0) is 46.3 Å². The Morgan fingerprint density at radius 1 is 1.38 bits per heavy atom. The Morgan fingerprint density at radius 3 is 2.50 bits per heavy atom. The topological polar surface area (TPSA) is 20.3 Å². The third-order valence-electron chi connectivity index (χ3n) is 2.94. The maximum atomic E-state index is 12.2. The summed E-state index contributed by atoms with van der Waals surface area (Å²) in [6.45, 7) is 6.25. The van der Waals surface area contributed by atoms with Gasteiger partial charge in [0.05, 0.1) is 8.66 Å². The molecule has 1 amide bonds. The van der Waals surface area contributed by atoms with Crippen LogP contribution in [0.1, 0.15) is 29.9 Å². The van der Waals surface area contributed by atoms with Gasteiger partial charge in [0.2, 0.25) is 0 Å². The fourth-order valence-electron chi connectivity index (χ4n) is 2.41. The summed E-state index contributed by atoms with van der Waals surface area (Å²) in [5, 5.41) is 0. The van der Waals surface area contributed by atoms with E-state index in [2.05, 4.69) is 29.8 Å². The number of amides is 1. The molecule has 0 N–H and O–H groups in total. The molecule has 1 saturated heterocycles. The number of piperidine rings is 1. The third kappa shape index (κ3) is 2.66. The molecule has 1 aromatic heterocycles. The number of hydrogen-bond donors (Lipinski definition) is 0. The molecule has 16 heavy (non-hydrogen) atoms. The van der Waals surface area contributed by atoms with Crippen molar-refractivity contribution < 1.29 is 4.79 Å². The van der Waals surface area contributed by atoms with E-state index in [1.807, 2.05) is 17.0 Å². The van der Waals surface area contributed by atoms with E-state index in [-0.39, 0.29) is 5.91 Å². The molecule has 2 heterocycles. The van der Waals surface area contributed by atoms with Crippen molar-refractivity contribution in [3.63, 3.8) is 0 Å². The first-order valence-electron chi connectivity index (χ1n) is 5.61. The molecule has 0 aromatic carbocycles. The summed E-state index contributed by atoms with van der Waals surface area (Å²) >= 11 is 4.91. The van der Waals surface area contributed by atoms with Gasteiger partial charge in [-0.25, -0.2) is 0 Å². The second kappa shape index (κ2) is 4.88. The lowest BCUT2D eigenvalue weighted by Crippen LogP contribution is -2.42. The van der Waals surface area contributed by atoms with Gasteiger partial charge >= 0.3 is 0 Å². The molecule has 0 saturated carbocycles. The summed E-state index contributed by atoms with van der Waals surface area (Å²) in [5.41, 5.74) is 0. The van der Waals surface area contributed by atoms with E-state index in [0.29, 0.717) is 11.8 Å². The second-order valence-electron chi connectivity index (χ2n) is 4.76. The zero-order valence-corrected chi connectivity index (χ0v) is 12.0. The van der Waals surface area contributed by atoms with Crippen LogP contribution in [0.4, 0.5) is 0 Å². The lowest BCUT2D eigenvalue weighted by atomic mass is 9.92. The monoisotopic (exact) mass is 301 g/mol. The van der Waals surface area contributed by atoms with E-state index in [1.54, 1.807) is 0 Å². The SMILES string of the molecule is C[C@@H]1C[C@@H](C)CN(C(=O)c2ccc(Br)s2)C1. The number of rotatable bonds is 1. The molecular weight excluding hydrogens is 286 g/mol. The molecule has 88 valence electrons. The van der Waals surface area contributed by atoms with Crippen molar-refractivity contribution >= 4 is 33.2 Å². The van der Waals surface area contributed by atoms with Crippen LogP contribution in [0.5, 0.6) is 0 Å². The van der Waals surface area contributed by atoms with Gasteiger partial charge < -0.3 is 4.90 Å². The van der Waals surface area contributed by atoms with Gasteiger partial charge in [0, 0.05) is 13.1 Å². The molecule has 0 unspecified atom stereocenters. The standard InChI is InChI=1S/C12H16BrNOS/c1-8-5-9(2)7-14(6-8)12(15)10-3-4-11(13)16-10/h3-4,8-9H,5-7H2,1-2H3/t8-,9-/m1/s1. The number of halogens is 1. The van der Waals surface area contributed by atoms with E-state index < -0.39 is 0 Å². The van der Waals surface area contributed by atoms with Crippen molar-refractivity contribution in [3.8, 4) is 0 Å². The molecule has 0 aliphatic carbocycles. The van der Waals surface area contributed by atoms with Crippen LogP contribution in [0.15, 0.2) is 15.9 Å². The van der Waals surface area contributed by atoms with E-state index in [9.17, 15) is 4.79 Å². The number of carbonyl (C=O) groups excluding carboxylic acids is 1. The van der Waals surface area contributed by atoms with Crippen molar-refractivity contribution in [1.29, 1.82) is 0 Å². The van der Waals surface area contributed by atoms with Gasteiger partial charge in [0.15, 0.2) is 0 Å². The summed E-state index contributed by atoms with van der Waals surface area (Å²) in [4.78, 5) is 15.1. The van der Waals surface area contributed by atoms with Crippen LogP contribution in [-0.2, 0) is 0 Å². The first-order valence-corrected chi connectivity index (χ1v) is 7.22.